The summed E-state index contributed by atoms with van der Waals surface area (Å²) in [5, 5.41) is 15.6. The van der Waals surface area contributed by atoms with E-state index in [1.807, 2.05) is 19.9 Å². The van der Waals surface area contributed by atoms with Crippen LogP contribution in [-0.4, -0.2) is 41.5 Å². The number of aromatic nitrogens is 4. The van der Waals surface area contributed by atoms with Crippen LogP contribution in [0.3, 0.4) is 0 Å². The van der Waals surface area contributed by atoms with Crippen molar-refractivity contribution in [3.63, 3.8) is 0 Å². The maximum atomic E-state index is 13.1. The van der Waals surface area contributed by atoms with Crippen LogP contribution >= 0.6 is 0 Å². The lowest BCUT2D eigenvalue weighted by Gasteiger charge is -2.10. The number of sulfonamides is 1. The molecule has 8 nitrogen and oxygen atoms in total. The zero-order chi connectivity index (χ0) is 20.3. The van der Waals surface area contributed by atoms with Crippen molar-refractivity contribution in [2.24, 2.45) is 0 Å². The molecule has 0 saturated heterocycles. The molecule has 10 heteroatoms. The molecular formula is C18H21FN6O2S. The summed E-state index contributed by atoms with van der Waals surface area (Å²) in [6, 6.07) is 9.04. The lowest BCUT2D eigenvalue weighted by molar-refractivity contribution is 0.581. The van der Waals surface area contributed by atoms with Crippen molar-refractivity contribution in [3.05, 3.63) is 59.2 Å². The summed E-state index contributed by atoms with van der Waals surface area (Å²) in [6.45, 7) is 5.84. The standard InChI is InChI=1S/C18H21FN6O2S/c1-12-10-15(19)4-5-16(12)28(26,27)21-9-8-20-17-6-7-18(23-22-17)25-14(3)11-13(2)24-25/h4-7,10-11,21H,8-9H2,1-3H3,(H,20,22). The van der Waals surface area contributed by atoms with Gasteiger partial charge in [0, 0.05) is 18.8 Å². The molecule has 0 radical (unpaired) electrons. The van der Waals surface area contributed by atoms with Gasteiger partial charge in [-0.25, -0.2) is 22.2 Å². The Hall–Kier alpha value is -2.85. The number of aryl methyl sites for hydroxylation is 3. The van der Waals surface area contributed by atoms with Gasteiger partial charge in [0.2, 0.25) is 10.0 Å². The fourth-order valence-electron chi connectivity index (χ4n) is 2.76. The van der Waals surface area contributed by atoms with E-state index in [4.69, 9.17) is 0 Å². The predicted octanol–water partition coefficient (Wildman–Crippen LogP) is 2.12. The van der Waals surface area contributed by atoms with Crippen molar-refractivity contribution < 1.29 is 12.8 Å². The van der Waals surface area contributed by atoms with Crippen LogP contribution in [-0.2, 0) is 10.0 Å². The van der Waals surface area contributed by atoms with Gasteiger partial charge in [0.15, 0.2) is 5.82 Å². The smallest absolute Gasteiger partial charge is 0.240 e. The molecule has 3 rings (SSSR count). The van der Waals surface area contributed by atoms with E-state index in [1.54, 1.807) is 23.7 Å². The first kappa shape index (κ1) is 19.9. The highest BCUT2D eigenvalue weighted by molar-refractivity contribution is 7.89. The zero-order valence-corrected chi connectivity index (χ0v) is 16.6. The molecule has 3 aromatic rings. The molecule has 0 aliphatic heterocycles. The molecule has 0 amide bonds. The van der Waals surface area contributed by atoms with Gasteiger partial charge in [-0.15, -0.1) is 10.2 Å². The molecule has 0 aliphatic carbocycles. The normalized spacial score (nSPS) is 11.6. The van der Waals surface area contributed by atoms with Crippen LogP contribution in [0.5, 0.6) is 0 Å². The van der Waals surface area contributed by atoms with Crippen LogP contribution in [0.2, 0.25) is 0 Å². The molecule has 0 spiro atoms. The number of hydrogen-bond donors (Lipinski definition) is 2. The van der Waals surface area contributed by atoms with Crippen LogP contribution < -0.4 is 10.0 Å². The second kappa shape index (κ2) is 8.03. The first-order valence-corrected chi connectivity index (χ1v) is 10.1. The summed E-state index contributed by atoms with van der Waals surface area (Å²) in [5.41, 5.74) is 2.20. The summed E-state index contributed by atoms with van der Waals surface area (Å²) >= 11 is 0. The SMILES string of the molecule is Cc1cc(C)n(-c2ccc(NCCNS(=O)(=O)c3ccc(F)cc3C)nn2)n1. The van der Waals surface area contributed by atoms with E-state index in [1.165, 1.54) is 12.1 Å². The van der Waals surface area contributed by atoms with Gasteiger partial charge in [0.05, 0.1) is 10.6 Å². The number of anilines is 1. The summed E-state index contributed by atoms with van der Waals surface area (Å²) in [7, 11) is -3.71. The average molecular weight is 404 g/mol. The van der Waals surface area contributed by atoms with Crippen molar-refractivity contribution in [3.8, 4) is 5.82 Å². The molecule has 0 atom stereocenters. The van der Waals surface area contributed by atoms with Crippen molar-refractivity contribution in [2.75, 3.05) is 18.4 Å². The van der Waals surface area contributed by atoms with Gasteiger partial charge in [-0.2, -0.15) is 5.10 Å². The van der Waals surface area contributed by atoms with Crippen LogP contribution in [0, 0.1) is 26.6 Å². The number of hydrogen-bond acceptors (Lipinski definition) is 6. The summed E-state index contributed by atoms with van der Waals surface area (Å²) in [4.78, 5) is 0.0583. The van der Waals surface area contributed by atoms with E-state index in [2.05, 4.69) is 25.3 Å². The largest absolute Gasteiger partial charge is 0.367 e. The number of nitrogens with one attached hydrogen (secondary N) is 2. The third-order valence-electron chi connectivity index (χ3n) is 4.03. The highest BCUT2D eigenvalue weighted by atomic mass is 32.2. The minimum absolute atomic E-state index is 0.0583. The Bertz CT molecular complexity index is 1080. The van der Waals surface area contributed by atoms with Crippen molar-refractivity contribution in [2.45, 2.75) is 25.7 Å². The molecule has 148 valence electrons. The number of nitrogens with zero attached hydrogens (tertiary/aromatic N) is 4. The van der Waals surface area contributed by atoms with Crippen molar-refractivity contribution in [1.29, 1.82) is 0 Å². The maximum absolute atomic E-state index is 13.1. The molecule has 0 unspecified atom stereocenters. The van der Waals surface area contributed by atoms with Crippen LogP contribution in [0.25, 0.3) is 5.82 Å². The van der Waals surface area contributed by atoms with Gasteiger partial charge in [0.25, 0.3) is 0 Å². The summed E-state index contributed by atoms with van der Waals surface area (Å²) in [5.74, 6) is 0.645. The Kier molecular flexibility index (Phi) is 5.71. The third-order valence-corrected chi connectivity index (χ3v) is 5.65. The minimum Gasteiger partial charge on any atom is -0.367 e. The van der Waals surface area contributed by atoms with E-state index in [-0.39, 0.29) is 11.4 Å². The Morgan fingerprint density at radius 2 is 1.82 bits per heavy atom. The van der Waals surface area contributed by atoms with E-state index < -0.39 is 15.8 Å². The molecule has 0 saturated carbocycles. The van der Waals surface area contributed by atoms with Crippen LogP contribution in [0.1, 0.15) is 17.0 Å². The lowest BCUT2D eigenvalue weighted by atomic mass is 10.2. The first-order valence-electron chi connectivity index (χ1n) is 8.63. The highest BCUT2D eigenvalue weighted by Crippen LogP contribution is 2.15. The quantitative estimate of drug-likeness (QED) is 0.585. The summed E-state index contributed by atoms with van der Waals surface area (Å²) in [6.07, 6.45) is 0. The van der Waals surface area contributed by atoms with Gasteiger partial charge in [-0.1, -0.05) is 0 Å². The van der Waals surface area contributed by atoms with Gasteiger partial charge in [-0.3, -0.25) is 0 Å². The molecule has 0 bridgehead atoms. The molecule has 2 aromatic heterocycles. The van der Waals surface area contributed by atoms with Crippen molar-refractivity contribution in [1.82, 2.24) is 24.7 Å². The van der Waals surface area contributed by atoms with Crippen LogP contribution in [0.4, 0.5) is 10.2 Å². The van der Waals surface area contributed by atoms with E-state index in [0.717, 1.165) is 17.5 Å². The molecule has 0 aliphatic rings. The Morgan fingerprint density at radius 1 is 1.04 bits per heavy atom. The Balaban J connectivity index is 1.56. The third kappa shape index (κ3) is 4.52. The predicted molar refractivity (Wildman–Crippen MR) is 103 cm³/mol. The molecule has 28 heavy (non-hydrogen) atoms. The lowest BCUT2D eigenvalue weighted by Crippen LogP contribution is -2.29. The molecular weight excluding hydrogens is 383 g/mol. The van der Waals surface area contributed by atoms with Gasteiger partial charge in [-0.05, 0) is 62.7 Å². The highest BCUT2D eigenvalue weighted by Gasteiger charge is 2.16. The number of halogens is 1. The van der Waals surface area contributed by atoms with Crippen molar-refractivity contribution >= 4 is 15.8 Å². The average Bonchev–Trinajstić information content (AvgIpc) is 2.97. The fraction of sp³-hybridized carbons (Fsp3) is 0.278. The first-order chi connectivity index (χ1) is 13.3. The van der Waals surface area contributed by atoms with E-state index in [9.17, 15) is 12.8 Å². The number of benzene rings is 1. The van der Waals surface area contributed by atoms with E-state index >= 15 is 0 Å². The second-order valence-electron chi connectivity index (χ2n) is 6.35. The minimum atomic E-state index is -3.71. The van der Waals surface area contributed by atoms with E-state index in [0.29, 0.717) is 23.7 Å². The van der Waals surface area contributed by atoms with Gasteiger partial charge < -0.3 is 5.32 Å². The molecule has 2 N–H and O–H groups in total. The molecule has 2 heterocycles. The van der Waals surface area contributed by atoms with Crippen LogP contribution in [0.15, 0.2) is 41.3 Å². The number of rotatable bonds is 7. The Labute approximate surface area is 162 Å². The fourth-order valence-corrected chi connectivity index (χ4v) is 4.02. The monoisotopic (exact) mass is 404 g/mol. The van der Waals surface area contributed by atoms with Gasteiger partial charge >= 0.3 is 0 Å². The second-order valence-corrected chi connectivity index (χ2v) is 8.09. The molecule has 0 fully saturated rings. The topological polar surface area (TPSA) is 102 Å². The zero-order valence-electron chi connectivity index (χ0n) is 15.8. The Morgan fingerprint density at radius 3 is 2.43 bits per heavy atom. The molecule has 1 aromatic carbocycles. The van der Waals surface area contributed by atoms with Gasteiger partial charge in [0.1, 0.15) is 11.6 Å². The summed E-state index contributed by atoms with van der Waals surface area (Å²) < 4.78 is 41.9. The maximum Gasteiger partial charge on any atom is 0.240 e.